The highest BCUT2D eigenvalue weighted by molar-refractivity contribution is 7.13. The Morgan fingerprint density at radius 1 is 1.81 bits per heavy atom. The van der Waals surface area contributed by atoms with Crippen molar-refractivity contribution >= 4 is 22.4 Å². The Morgan fingerprint density at radius 2 is 2.69 bits per heavy atom. The second-order valence-corrected chi connectivity index (χ2v) is 4.62. The van der Waals surface area contributed by atoms with Crippen LogP contribution in [0.4, 0.5) is 5.13 Å². The number of ether oxygens (including phenoxy) is 1. The molecule has 1 saturated heterocycles. The fourth-order valence-corrected chi connectivity index (χ4v) is 2.50. The van der Waals surface area contributed by atoms with E-state index >= 15 is 0 Å². The minimum atomic E-state index is -0.0477. The fraction of sp³-hybridized carbons (Fsp3) is 0.600. The summed E-state index contributed by atoms with van der Waals surface area (Å²) in [6, 6.07) is 0.214. The summed E-state index contributed by atoms with van der Waals surface area (Å²) >= 11 is 1.63. The third kappa shape index (κ3) is 2.70. The van der Waals surface area contributed by atoms with E-state index in [2.05, 4.69) is 15.2 Å². The van der Waals surface area contributed by atoms with E-state index in [1.807, 2.05) is 5.38 Å². The number of nitrogens with one attached hydrogen (secondary N) is 1. The molecule has 0 radical (unpaired) electrons. The van der Waals surface area contributed by atoms with Gasteiger partial charge in [0.25, 0.3) is 0 Å². The van der Waals surface area contributed by atoms with Crippen LogP contribution < -0.4 is 10.2 Å². The lowest BCUT2D eigenvalue weighted by atomic mass is 10.2. The van der Waals surface area contributed by atoms with Gasteiger partial charge in [0, 0.05) is 37.8 Å². The van der Waals surface area contributed by atoms with E-state index in [0.29, 0.717) is 0 Å². The van der Waals surface area contributed by atoms with Crippen molar-refractivity contribution in [3.8, 4) is 0 Å². The van der Waals surface area contributed by atoms with Gasteiger partial charge in [-0.25, -0.2) is 4.98 Å². The molecule has 0 spiro atoms. The van der Waals surface area contributed by atoms with Crippen molar-refractivity contribution < 1.29 is 9.53 Å². The van der Waals surface area contributed by atoms with E-state index in [4.69, 9.17) is 4.74 Å². The second kappa shape index (κ2) is 5.27. The molecule has 1 amide bonds. The molecule has 0 unspecified atom stereocenters. The van der Waals surface area contributed by atoms with E-state index in [-0.39, 0.29) is 18.6 Å². The number of nitrogens with zero attached hydrogens (tertiary/aromatic N) is 2. The number of thiazole rings is 1. The van der Waals surface area contributed by atoms with E-state index in [0.717, 1.165) is 24.6 Å². The molecule has 0 aliphatic carbocycles. The van der Waals surface area contributed by atoms with Crippen LogP contribution in [-0.4, -0.2) is 43.7 Å². The van der Waals surface area contributed by atoms with Crippen LogP contribution in [0.1, 0.15) is 6.42 Å². The second-order valence-electron chi connectivity index (χ2n) is 3.75. The van der Waals surface area contributed by atoms with E-state index in [1.165, 1.54) is 7.11 Å². The van der Waals surface area contributed by atoms with Gasteiger partial charge in [-0.2, -0.15) is 0 Å². The standard InChI is InChI=1S/C10H15N3O2S/c1-15-7-9(14)12-8-2-4-13(6-8)10-11-3-5-16-10/h3,5,8H,2,4,6-7H2,1H3,(H,12,14)/t8-/m1/s1. The van der Waals surface area contributed by atoms with Gasteiger partial charge >= 0.3 is 0 Å². The number of carbonyl (C=O) groups excluding carboxylic acids is 1. The number of amides is 1. The molecule has 1 aromatic rings. The Labute approximate surface area is 98.4 Å². The molecule has 1 aliphatic rings. The van der Waals surface area contributed by atoms with Gasteiger partial charge in [-0.15, -0.1) is 11.3 Å². The molecule has 0 saturated carbocycles. The van der Waals surface area contributed by atoms with Crippen LogP contribution in [0.3, 0.4) is 0 Å². The van der Waals surface area contributed by atoms with Gasteiger partial charge in [0.05, 0.1) is 0 Å². The van der Waals surface area contributed by atoms with Gasteiger partial charge in [0.1, 0.15) is 6.61 Å². The molecule has 1 aliphatic heterocycles. The van der Waals surface area contributed by atoms with Gasteiger partial charge in [0.2, 0.25) is 5.91 Å². The quantitative estimate of drug-likeness (QED) is 0.833. The van der Waals surface area contributed by atoms with E-state index in [9.17, 15) is 4.79 Å². The van der Waals surface area contributed by atoms with Gasteiger partial charge < -0.3 is 15.0 Å². The van der Waals surface area contributed by atoms with Crippen molar-refractivity contribution in [2.45, 2.75) is 12.5 Å². The first-order valence-corrected chi connectivity index (χ1v) is 6.10. The number of methoxy groups -OCH3 is 1. The smallest absolute Gasteiger partial charge is 0.246 e. The van der Waals surface area contributed by atoms with Gasteiger partial charge in [-0.3, -0.25) is 4.79 Å². The summed E-state index contributed by atoms with van der Waals surface area (Å²) in [6.45, 7) is 1.92. The summed E-state index contributed by atoms with van der Waals surface area (Å²) in [5, 5.41) is 5.94. The number of carbonyl (C=O) groups is 1. The maximum Gasteiger partial charge on any atom is 0.246 e. The third-order valence-electron chi connectivity index (χ3n) is 2.52. The lowest BCUT2D eigenvalue weighted by molar-refractivity contribution is -0.125. The molecule has 16 heavy (non-hydrogen) atoms. The summed E-state index contributed by atoms with van der Waals surface area (Å²) in [7, 11) is 1.52. The Kier molecular flexibility index (Phi) is 3.74. The molecule has 6 heteroatoms. The summed E-state index contributed by atoms with van der Waals surface area (Å²) in [5.74, 6) is -0.0477. The predicted molar refractivity (Wildman–Crippen MR) is 62.8 cm³/mol. The zero-order chi connectivity index (χ0) is 11.4. The Bertz CT molecular complexity index is 342. The van der Waals surface area contributed by atoms with Crippen LogP contribution in [0.5, 0.6) is 0 Å². The lowest BCUT2D eigenvalue weighted by Gasteiger charge is -2.15. The fourth-order valence-electron chi connectivity index (χ4n) is 1.82. The monoisotopic (exact) mass is 241 g/mol. The highest BCUT2D eigenvalue weighted by atomic mass is 32.1. The summed E-state index contributed by atoms with van der Waals surface area (Å²) in [4.78, 5) is 17.8. The largest absolute Gasteiger partial charge is 0.375 e. The molecule has 5 nitrogen and oxygen atoms in total. The Hall–Kier alpha value is -1.14. The van der Waals surface area contributed by atoms with E-state index < -0.39 is 0 Å². The molecule has 88 valence electrons. The van der Waals surface area contributed by atoms with Crippen molar-refractivity contribution in [1.29, 1.82) is 0 Å². The molecular weight excluding hydrogens is 226 g/mol. The molecule has 0 aromatic carbocycles. The Morgan fingerprint density at radius 3 is 3.38 bits per heavy atom. The summed E-state index contributed by atoms with van der Waals surface area (Å²) in [5.41, 5.74) is 0. The van der Waals surface area contributed by atoms with Crippen LogP contribution in [0.15, 0.2) is 11.6 Å². The van der Waals surface area contributed by atoms with Crippen LogP contribution >= 0.6 is 11.3 Å². The normalized spacial score (nSPS) is 20.1. The SMILES string of the molecule is COCC(=O)N[C@@H]1CCN(c2nccs2)C1. The molecule has 1 N–H and O–H groups in total. The number of rotatable bonds is 4. The van der Waals surface area contributed by atoms with Crippen LogP contribution in [0.2, 0.25) is 0 Å². The maximum atomic E-state index is 11.3. The van der Waals surface area contributed by atoms with Crippen molar-refractivity contribution in [2.75, 3.05) is 31.7 Å². The highest BCUT2D eigenvalue weighted by Crippen LogP contribution is 2.22. The van der Waals surface area contributed by atoms with Crippen LogP contribution in [0.25, 0.3) is 0 Å². The van der Waals surface area contributed by atoms with Crippen molar-refractivity contribution in [3.63, 3.8) is 0 Å². The summed E-state index contributed by atoms with van der Waals surface area (Å²) < 4.78 is 4.78. The summed E-state index contributed by atoms with van der Waals surface area (Å²) in [6.07, 6.45) is 2.77. The van der Waals surface area contributed by atoms with Gasteiger partial charge in [-0.1, -0.05) is 0 Å². The van der Waals surface area contributed by atoms with Crippen molar-refractivity contribution in [1.82, 2.24) is 10.3 Å². The van der Waals surface area contributed by atoms with Gasteiger partial charge in [-0.05, 0) is 6.42 Å². The molecule has 2 rings (SSSR count). The minimum absolute atomic E-state index is 0.0477. The Balaban J connectivity index is 1.82. The molecule has 1 aromatic heterocycles. The molecule has 0 bridgehead atoms. The topological polar surface area (TPSA) is 54.5 Å². The first-order chi connectivity index (χ1) is 7.79. The van der Waals surface area contributed by atoms with Crippen molar-refractivity contribution in [2.24, 2.45) is 0 Å². The first-order valence-electron chi connectivity index (χ1n) is 5.22. The molecular formula is C10H15N3O2S. The van der Waals surface area contributed by atoms with Crippen LogP contribution in [0, 0.1) is 0 Å². The van der Waals surface area contributed by atoms with Crippen LogP contribution in [-0.2, 0) is 9.53 Å². The zero-order valence-corrected chi connectivity index (χ0v) is 10.00. The molecule has 1 fully saturated rings. The number of hydrogen-bond acceptors (Lipinski definition) is 5. The third-order valence-corrected chi connectivity index (χ3v) is 3.35. The highest BCUT2D eigenvalue weighted by Gasteiger charge is 2.24. The molecule has 2 heterocycles. The van der Waals surface area contributed by atoms with Crippen molar-refractivity contribution in [3.05, 3.63) is 11.6 Å². The predicted octanol–water partition coefficient (Wildman–Crippen LogP) is 0.484. The number of anilines is 1. The number of aromatic nitrogens is 1. The average Bonchev–Trinajstić information content (AvgIpc) is 2.86. The first kappa shape index (κ1) is 11.3. The average molecular weight is 241 g/mol. The maximum absolute atomic E-state index is 11.3. The lowest BCUT2D eigenvalue weighted by Crippen LogP contribution is -2.38. The zero-order valence-electron chi connectivity index (χ0n) is 9.18. The molecule has 1 atom stereocenters. The number of hydrogen-bond donors (Lipinski definition) is 1. The van der Waals surface area contributed by atoms with E-state index in [1.54, 1.807) is 17.5 Å². The minimum Gasteiger partial charge on any atom is -0.375 e. The van der Waals surface area contributed by atoms with Gasteiger partial charge in [0.15, 0.2) is 5.13 Å².